The van der Waals surface area contributed by atoms with Crippen LogP contribution in [0.1, 0.15) is 30.1 Å². The quantitative estimate of drug-likeness (QED) is 0.543. The van der Waals surface area contributed by atoms with Gasteiger partial charge in [-0.1, -0.05) is 6.07 Å². The molecular formula is C14H14N2O4W. The number of hydrogen-bond donors (Lipinski definition) is 1. The molecule has 3 amide bonds. The van der Waals surface area contributed by atoms with Gasteiger partial charge in [0.2, 0.25) is 11.8 Å². The number of nitrogens with one attached hydrogen (secondary N) is 1. The van der Waals surface area contributed by atoms with Crippen LogP contribution in [-0.2, 0) is 30.7 Å². The summed E-state index contributed by atoms with van der Waals surface area (Å²) in [6.07, 6.45) is 0.442. The van der Waals surface area contributed by atoms with Gasteiger partial charge in [-0.25, -0.2) is 0 Å². The summed E-state index contributed by atoms with van der Waals surface area (Å²) in [4.78, 5) is 34.5. The topological polar surface area (TPSA) is 86.6 Å². The number of nitrogens with zero attached hydrogens (tertiary/aromatic N) is 1. The van der Waals surface area contributed by atoms with Crippen LogP contribution in [0.3, 0.4) is 0 Å². The molecule has 7 heteroatoms. The van der Waals surface area contributed by atoms with Crippen molar-refractivity contribution >= 4 is 17.7 Å². The van der Waals surface area contributed by atoms with Crippen molar-refractivity contribution in [3.63, 3.8) is 0 Å². The summed E-state index contributed by atoms with van der Waals surface area (Å²) in [6, 6.07) is 6.88. The van der Waals surface area contributed by atoms with Gasteiger partial charge in [0.1, 0.15) is 0 Å². The second kappa shape index (κ2) is 7.93. The molecule has 0 aromatic heterocycles. The molecule has 21 heavy (non-hydrogen) atoms. The van der Waals surface area contributed by atoms with Gasteiger partial charge < -0.3 is 14.8 Å². The molecule has 0 spiro atoms. The van der Waals surface area contributed by atoms with Crippen LogP contribution in [0, 0.1) is 6.07 Å². The summed E-state index contributed by atoms with van der Waals surface area (Å²) in [5.74, 6) is -0.952. The van der Waals surface area contributed by atoms with Gasteiger partial charge in [0, 0.05) is 12.2 Å². The van der Waals surface area contributed by atoms with Crippen molar-refractivity contribution in [2.24, 2.45) is 0 Å². The second-order valence-electron chi connectivity index (χ2n) is 4.26. The summed E-state index contributed by atoms with van der Waals surface area (Å²) in [6.45, 7) is 2.30. The Labute approximate surface area is 136 Å². The fraction of sp³-hybridized carbons (Fsp3) is 0.357. The van der Waals surface area contributed by atoms with Crippen molar-refractivity contribution < 1.29 is 40.2 Å². The van der Waals surface area contributed by atoms with Gasteiger partial charge in [-0.2, -0.15) is 0 Å². The van der Waals surface area contributed by atoms with Crippen molar-refractivity contribution in [2.75, 3.05) is 6.61 Å². The standard InChI is InChI=1S/C14H15N2O4.W/c1-2-20-10-5-3-4-9(8-10)13(18)15-11-6-7-12(17)16-14(11)19;/h3-5,11H,2,6-7H2,1H3,(H2,15,16,17,18,19);/q-1;+2/p-1. The van der Waals surface area contributed by atoms with Gasteiger partial charge in [-0.3, -0.25) is 14.9 Å². The largest absolute Gasteiger partial charge is 2.00 e. The van der Waals surface area contributed by atoms with E-state index in [-0.39, 0.29) is 45.4 Å². The summed E-state index contributed by atoms with van der Waals surface area (Å²) >= 11 is 0. The first-order valence-corrected chi connectivity index (χ1v) is 6.34. The van der Waals surface area contributed by atoms with Crippen LogP contribution in [0.2, 0.25) is 0 Å². The molecule has 1 saturated heterocycles. The number of rotatable bonds is 4. The van der Waals surface area contributed by atoms with Crippen LogP contribution < -0.4 is 10.1 Å². The molecule has 1 atom stereocenters. The number of ether oxygens (including phenoxy) is 1. The Kier molecular flexibility index (Phi) is 6.56. The summed E-state index contributed by atoms with van der Waals surface area (Å²) in [5.41, 5.74) is 0.237. The summed E-state index contributed by atoms with van der Waals surface area (Å²) in [5, 5.41) is 5.99. The molecule has 0 radical (unpaired) electrons. The van der Waals surface area contributed by atoms with Gasteiger partial charge in [-0.05, 0) is 25.3 Å². The minimum absolute atomic E-state index is 0. The van der Waals surface area contributed by atoms with E-state index in [1.807, 2.05) is 6.92 Å². The van der Waals surface area contributed by atoms with Crippen LogP contribution in [0.5, 0.6) is 5.75 Å². The normalized spacial score (nSPS) is 17.5. The summed E-state index contributed by atoms with van der Waals surface area (Å²) in [7, 11) is 0. The van der Waals surface area contributed by atoms with E-state index < -0.39 is 17.9 Å². The van der Waals surface area contributed by atoms with Gasteiger partial charge in [0.15, 0.2) is 0 Å². The molecule has 1 aromatic rings. The van der Waals surface area contributed by atoms with Crippen molar-refractivity contribution in [1.82, 2.24) is 5.32 Å². The third-order valence-electron chi connectivity index (χ3n) is 2.78. The average molecular weight is 458 g/mol. The molecule has 1 aliphatic heterocycles. The Bertz CT molecular complexity index is 548. The first-order chi connectivity index (χ1) is 9.60. The Morgan fingerprint density at radius 2 is 2.24 bits per heavy atom. The minimum atomic E-state index is -0.815. The van der Waals surface area contributed by atoms with Crippen LogP contribution >= 0.6 is 0 Å². The van der Waals surface area contributed by atoms with Crippen LogP contribution in [0.4, 0.5) is 0 Å². The fourth-order valence-electron chi connectivity index (χ4n) is 1.83. The molecule has 6 nitrogen and oxygen atoms in total. The zero-order chi connectivity index (χ0) is 14.5. The van der Waals surface area contributed by atoms with E-state index in [9.17, 15) is 14.4 Å². The second-order valence-corrected chi connectivity index (χ2v) is 4.26. The van der Waals surface area contributed by atoms with E-state index in [0.29, 0.717) is 12.4 Å². The third-order valence-corrected chi connectivity index (χ3v) is 2.78. The maximum atomic E-state index is 12.0. The fourth-order valence-corrected chi connectivity index (χ4v) is 1.83. The molecular weight excluding hydrogens is 444 g/mol. The zero-order valence-corrected chi connectivity index (χ0v) is 14.4. The Morgan fingerprint density at radius 1 is 1.48 bits per heavy atom. The first-order valence-electron chi connectivity index (χ1n) is 6.34. The van der Waals surface area contributed by atoms with Crippen LogP contribution in [0.15, 0.2) is 18.2 Å². The monoisotopic (exact) mass is 458 g/mol. The van der Waals surface area contributed by atoms with Gasteiger partial charge in [0.25, 0.3) is 0 Å². The minimum Gasteiger partial charge on any atom is -0.684 e. The van der Waals surface area contributed by atoms with Crippen molar-refractivity contribution in [1.29, 1.82) is 0 Å². The predicted octanol–water partition coefficient (Wildman–Crippen LogP) is 1.20. The van der Waals surface area contributed by atoms with E-state index in [1.165, 1.54) is 0 Å². The van der Waals surface area contributed by atoms with E-state index >= 15 is 0 Å². The number of amides is 3. The SMILES string of the molecule is CCOc1[c-]c(C(=O)[N-]C2CCC(=O)NC2=O)ccc1.[W+2]. The van der Waals surface area contributed by atoms with Gasteiger partial charge in [0.05, 0.1) is 6.61 Å². The van der Waals surface area contributed by atoms with Crippen LogP contribution in [0.25, 0.3) is 5.32 Å². The van der Waals surface area contributed by atoms with E-state index in [0.717, 1.165) is 0 Å². The average Bonchev–Trinajstić information content (AvgIpc) is 2.42. The third kappa shape index (κ3) is 4.67. The Balaban J connectivity index is 0.00000220. The number of imide groups is 1. The van der Waals surface area contributed by atoms with Crippen molar-refractivity contribution in [3.8, 4) is 5.75 Å². The van der Waals surface area contributed by atoms with Crippen molar-refractivity contribution in [3.05, 3.63) is 35.1 Å². The van der Waals surface area contributed by atoms with Gasteiger partial charge >= 0.3 is 21.1 Å². The van der Waals surface area contributed by atoms with E-state index in [4.69, 9.17) is 4.74 Å². The molecule has 110 valence electrons. The zero-order valence-electron chi connectivity index (χ0n) is 11.4. The molecule has 1 heterocycles. The number of carbonyl (C=O) groups excluding carboxylic acids is 3. The smallest absolute Gasteiger partial charge is 0.684 e. The molecule has 1 aliphatic rings. The number of piperidine rings is 1. The molecule has 1 fully saturated rings. The van der Waals surface area contributed by atoms with Crippen molar-refractivity contribution in [2.45, 2.75) is 25.8 Å². The molecule has 0 bridgehead atoms. The number of carbonyl (C=O) groups is 3. The maximum absolute atomic E-state index is 12.0. The number of benzene rings is 1. The molecule has 1 aromatic carbocycles. The summed E-state index contributed by atoms with van der Waals surface area (Å²) < 4.78 is 5.25. The molecule has 2 rings (SSSR count). The molecule has 0 aliphatic carbocycles. The Hall–Kier alpha value is -1.68. The maximum Gasteiger partial charge on any atom is 2.00 e. The Morgan fingerprint density at radius 3 is 2.90 bits per heavy atom. The number of hydrogen-bond acceptors (Lipinski definition) is 4. The molecule has 1 unspecified atom stereocenters. The van der Waals surface area contributed by atoms with E-state index in [1.54, 1.807) is 18.2 Å². The molecule has 1 N–H and O–H groups in total. The predicted molar refractivity (Wildman–Crippen MR) is 70.3 cm³/mol. The molecule has 0 saturated carbocycles. The van der Waals surface area contributed by atoms with E-state index in [2.05, 4.69) is 16.7 Å². The van der Waals surface area contributed by atoms with Gasteiger partial charge in [-0.15, -0.1) is 23.8 Å². The van der Waals surface area contributed by atoms with Crippen LogP contribution in [-0.4, -0.2) is 30.4 Å². The first kappa shape index (κ1) is 17.4.